The monoisotopic (exact) mass is 385 g/mol. The quantitative estimate of drug-likeness (QED) is 0.671. The Morgan fingerprint density at radius 3 is 1.58 bits per heavy atom. The van der Waals surface area contributed by atoms with Gasteiger partial charge in [0.05, 0.1) is 32.5 Å². The van der Waals surface area contributed by atoms with E-state index in [1.54, 1.807) is 48.5 Å². The first-order chi connectivity index (χ1) is 12.5. The Morgan fingerprint density at radius 1 is 0.731 bits per heavy atom. The zero-order valence-electron chi connectivity index (χ0n) is 13.4. The molecule has 0 aliphatic heterocycles. The second kappa shape index (κ2) is 7.99. The van der Waals surface area contributed by atoms with Gasteiger partial charge in [-0.25, -0.2) is 0 Å². The van der Waals surface area contributed by atoms with E-state index in [0.717, 1.165) is 0 Å². The van der Waals surface area contributed by atoms with Gasteiger partial charge in [-0.1, -0.05) is 47.5 Å². The van der Waals surface area contributed by atoms with Gasteiger partial charge in [0.25, 0.3) is 11.8 Å². The molecule has 130 valence electrons. The first-order valence-corrected chi connectivity index (χ1v) is 8.37. The third-order valence-electron chi connectivity index (χ3n) is 3.51. The number of carbonyl (C=O) groups excluding carboxylic acids is 2. The van der Waals surface area contributed by atoms with Crippen molar-refractivity contribution in [1.82, 2.24) is 4.98 Å². The highest BCUT2D eigenvalue weighted by Gasteiger charge is 2.13. The van der Waals surface area contributed by atoms with Crippen molar-refractivity contribution in [1.29, 1.82) is 0 Å². The molecule has 0 aliphatic rings. The highest BCUT2D eigenvalue weighted by molar-refractivity contribution is 6.34. The van der Waals surface area contributed by atoms with E-state index in [1.165, 1.54) is 18.5 Å². The summed E-state index contributed by atoms with van der Waals surface area (Å²) >= 11 is 12.1. The summed E-state index contributed by atoms with van der Waals surface area (Å²) in [6, 6.07) is 15.2. The van der Waals surface area contributed by atoms with Crippen LogP contribution in [0, 0.1) is 0 Å². The van der Waals surface area contributed by atoms with Crippen LogP contribution >= 0.6 is 23.2 Å². The Kier molecular flexibility index (Phi) is 5.51. The topological polar surface area (TPSA) is 71.1 Å². The summed E-state index contributed by atoms with van der Waals surface area (Å²) in [5.41, 5.74) is 1.42. The van der Waals surface area contributed by atoms with Crippen LogP contribution in [0.5, 0.6) is 0 Å². The average molecular weight is 386 g/mol. The van der Waals surface area contributed by atoms with Crippen molar-refractivity contribution in [2.75, 3.05) is 10.6 Å². The molecule has 3 rings (SSSR count). The number of rotatable bonds is 4. The van der Waals surface area contributed by atoms with E-state index < -0.39 is 11.8 Å². The summed E-state index contributed by atoms with van der Waals surface area (Å²) in [6.07, 6.45) is 2.75. The van der Waals surface area contributed by atoms with Crippen LogP contribution in [0.4, 0.5) is 11.4 Å². The molecule has 0 spiro atoms. The third-order valence-corrected chi connectivity index (χ3v) is 4.17. The van der Waals surface area contributed by atoms with Gasteiger partial charge in [0.2, 0.25) is 0 Å². The van der Waals surface area contributed by atoms with Gasteiger partial charge >= 0.3 is 0 Å². The van der Waals surface area contributed by atoms with Gasteiger partial charge in [-0.15, -0.1) is 0 Å². The zero-order chi connectivity index (χ0) is 18.5. The smallest absolute Gasteiger partial charge is 0.257 e. The molecule has 5 nitrogen and oxygen atoms in total. The average Bonchev–Trinajstić information content (AvgIpc) is 2.65. The SMILES string of the molecule is O=C(Nc1ccccc1Cl)c1cncc(C(=O)Nc2ccccc2Cl)c1. The number of nitrogens with zero attached hydrogens (tertiary/aromatic N) is 1. The summed E-state index contributed by atoms with van der Waals surface area (Å²) < 4.78 is 0. The second-order valence-corrected chi connectivity index (χ2v) is 6.14. The van der Waals surface area contributed by atoms with Gasteiger partial charge in [0.1, 0.15) is 0 Å². The number of pyridine rings is 1. The van der Waals surface area contributed by atoms with Crippen LogP contribution in [0.2, 0.25) is 10.0 Å². The van der Waals surface area contributed by atoms with E-state index in [-0.39, 0.29) is 11.1 Å². The number of anilines is 2. The second-order valence-electron chi connectivity index (χ2n) is 5.33. The molecule has 0 aliphatic carbocycles. The highest BCUT2D eigenvalue weighted by atomic mass is 35.5. The molecule has 0 saturated heterocycles. The Hall–Kier alpha value is -2.89. The van der Waals surface area contributed by atoms with E-state index in [4.69, 9.17) is 23.2 Å². The summed E-state index contributed by atoms with van der Waals surface area (Å²) in [5, 5.41) is 6.21. The Balaban J connectivity index is 1.77. The molecule has 7 heteroatoms. The molecule has 2 amide bonds. The fourth-order valence-electron chi connectivity index (χ4n) is 2.20. The van der Waals surface area contributed by atoms with Crippen LogP contribution in [0.25, 0.3) is 0 Å². The summed E-state index contributed by atoms with van der Waals surface area (Å²) in [4.78, 5) is 28.7. The lowest BCUT2D eigenvalue weighted by Gasteiger charge is -2.09. The van der Waals surface area contributed by atoms with E-state index in [1.807, 2.05) is 0 Å². The molecule has 0 saturated carbocycles. The van der Waals surface area contributed by atoms with Crippen molar-refractivity contribution >= 4 is 46.4 Å². The summed E-state index contributed by atoms with van der Waals surface area (Å²) in [5.74, 6) is -0.837. The number of hydrogen-bond donors (Lipinski definition) is 2. The maximum Gasteiger partial charge on any atom is 0.257 e. The number of carbonyl (C=O) groups is 2. The minimum absolute atomic E-state index is 0.233. The number of benzene rings is 2. The standard InChI is InChI=1S/C19H13Cl2N3O2/c20-14-5-1-3-7-16(14)23-18(25)12-9-13(11-22-10-12)19(26)24-17-8-4-2-6-15(17)21/h1-11H,(H,23,25)(H,24,26). The number of aromatic nitrogens is 1. The number of nitrogens with one attached hydrogen (secondary N) is 2. The van der Waals surface area contributed by atoms with Crippen LogP contribution in [0.1, 0.15) is 20.7 Å². The summed E-state index contributed by atoms with van der Waals surface area (Å²) in [7, 11) is 0. The number of amides is 2. The first-order valence-electron chi connectivity index (χ1n) is 7.61. The number of hydrogen-bond acceptors (Lipinski definition) is 3. The molecule has 0 bridgehead atoms. The largest absolute Gasteiger partial charge is 0.321 e. The first kappa shape index (κ1) is 17.9. The molecule has 26 heavy (non-hydrogen) atoms. The lowest BCUT2D eigenvalue weighted by Crippen LogP contribution is -2.16. The van der Waals surface area contributed by atoms with Crippen LogP contribution in [0.3, 0.4) is 0 Å². The van der Waals surface area contributed by atoms with Gasteiger partial charge in [0.15, 0.2) is 0 Å². The molecule has 2 aromatic carbocycles. The van der Waals surface area contributed by atoms with Gasteiger partial charge in [-0.05, 0) is 30.3 Å². The van der Waals surface area contributed by atoms with Crippen molar-refractivity contribution in [3.8, 4) is 0 Å². The van der Waals surface area contributed by atoms with Gasteiger partial charge in [-0.2, -0.15) is 0 Å². The minimum Gasteiger partial charge on any atom is -0.321 e. The van der Waals surface area contributed by atoms with Crippen LogP contribution in [-0.4, -0.2) is 16.8 Å². The molecule has 2 N–H and O–H groups in total. The molecule has 3 aromatic rings. The molecular weight excluding hydrogens is 373 g/mol. The van der Waals surface area contributed by atoms with Crippen molar-refractivity contribution in [2.45, 2.75) is 0 Å². The molecule has 0 unspecified atom stereocenters. The molecule has 0 radical (unpaired) electrons. The van der Waals surface area contributed by atoms with Gasteiger partial charge in [0, 0.05) is 12.4 Å². The Labute approximate surface area is 160 Å². The molecule has 1 aromatic heterocycles. The highest BCUT2D eigenvalue weighted by Crippen LogP contribution is 2.22. The normalized spacial score (nSPS) is 10.2. The van der Waals surface area contributed by atoms with Crippen LogP contribution in [0.15, 0.2) is 67.0 Å². The van der Waals surface area contributed by atoms with Crippen molar-refractivity contribution in [3.05, 3.63) is 88.2 Å². The fourth-order valence-corrected chi connectivity index (χ4v) is 2.57. The van der Waals surface area contributed by atoms with Gasteiger partial charge in [-0.3, -0.25) is 14.6 Å². The molecule has 0 atom stereocenters. The van der Waals surface area contributed by atoms with Gasteiger partial charge < -0.3 is 10.6 Å². The van der Waals surface area contributed by atoms with Crippen molar-refractivity contribution < 1.29 is 9.59 Å². The predicted octanol–water partition coefficient (Wildman–Crippen LogP) is 4.89. The van der Waals surface area contributed by atoms with Crippen molar-refractivity contribution in [3.63, 3.8) is 0 Å². The fraction of sp³-hybridized carbons (Fsp3) is 0. The third kappa shape index (κ3) is 4.20. The zero-order valence-corrected chi connectivity index (χ0v) is 14.9. The molecule has 1 heterocycles. The molecular formula is C19H13Cl2N3O2. The Bertz CT molecular complexity index is 902. The maximum absolute atomic E-state index is 12.4. The maximum atomic E-state index is 12.4. The minimum atomic E-state index is -0.419. The van der Waals surface area contributed by atoms with Crippen molar-refractivity contribution in [2.24, 2.45) is 0 Å². The number of para-hydroxylation sites is 2. The van der Waals surface area contributed by atoms with Crippen LogP contribution in [-0.2, 0) is 0 Å². The number of halogens is 2. The summed E-state index contributed by atoms with van der Waals surface area (Å²) in [6.45, 7) is 0. The predicted molar refractivity (Wildman–Crippen MR) is 103 cm³/mol. The van der Waals surface area contributed by atoms with E-state index >= 15 is 0 Å². The molecule has 0 fully saturated rings. The lowest BCUT2D eigenvalue weighted by atomic mass is 10.1. The lowest BCUT2D eigenvalue weighted by molar-refractivity contribution is 0.102. The van der Waals surface area contributed by atoms with E-state index in [2.05, 4.69) is 15.6 Å². The Morgan fingerprint density at radius 2 is 1.15 bits per heavy atom. The van der Waals surface area contributed by atoms with E-state index in [9.17, 15) is 9.59 Å². The van der Waals surface area contributed by atoms with E-state index in [0.29, 0.717) is 21.4 Å². The van der Waals surface area contributed by atoms with Crippen LogP contribution < -0.4 is 10.6 Å².